The van der Waals surface area contributed by atoms with Crippen LogP contribution in [0, 0.1) is 10.1 Å². The summed E-state index contributed by atoms with van der Waals surface area (Å²) in [4.78, 5) is 10.2. The van der Waals surface area contributed by atoms with Crippen LogP contribution in [0.1, 0.15) is 12.5 Å². The first kappa shape index (κ1) is 10.9. The third-order valence-corrected chi connectivity index (χ3v) is 2.02. The minimum Gasteiger partial charge on any atom is -0.328 e. The Labute approximate surface area is 86.8 Å². The summed E-state index contributed by atoms with van der Waals surface area (Å²) in [6.45, 7) is 1.80. The van der Waals surface area contributed by atoms with Gasteiger partial charge in [-0.3, -0.25) is 10.1 Å². The van der Waals surface area contributed by atoms with Crippen molar-refractivity contribution in [3.05, 3.63) is 38.9 Å². The van der Waals surface area contributed by atoms with Gasteiger partial charge in [0.25, 0.3) is 5.69 Å². The van der Waals surface area contributed by atoms with Crippen LogP contribution in [0.15, 0.2) is 18.2 Å². The maximum absolute atomic E-state index is 10.6. The van der Waals surface area contributed by atoms with Gasteiger partial charge in [0.15, 0.2) is 0 Å². The van der Waals surface area contributed by atoms with Crippen molar-refractivity contribution in [1.82, 2.24) is 0 Å². The van der Waals surface area contributed by atoms with Crippen molar-refractivity contribution >= 4 is 17.3 Å². The fourth-order valence-corrected chi connectivity index (χ4v) is 1.44. The van der Waals surface area contributed by atoms with Crippen molar-refractivity contribution in [2.45, 2.75) is 19.4 Å². The van der Waals surface area contributed by atoms with Crippen molar-refractivity contribution in [2.24, 2.45) is 5.73 Å². The molecule has 76 valence electrons. The average Bonchev–Trinajstić information content (AvgIpc) is 2.01. The molecule has 0 aromatic heterocycles. The highest BCUT2D eigenvalue weighted by atomic mass is 35.5. The molecule has 2 N–H and O–H groups in total. The Morgan fingerprint density at radius 3 is 2.79 bits per heavy atom. The van der Waals surface area contributed by atoms with E-state index < -0.39 is 4.92 Å². The highest BCUT2D eigenvalue weighted by molar-refractivity contribution is 6.30. The lowest BCUT2D eigenvalue weighted by molar-refractivity contribution is -0.385. The summed E-state index contributed by atoms with van der Waals surface area (Å²) in [7, 11) is 0. The molecule has 1 unspecified atom stereocenters. The van der Waals surface area contributed by atoms with Crippen molar-refractivity contribution in [1.29, 1.82) is 0 Å². The van der Waals surface area contributed by atoms with Crippen LogP contribution in [0.25, 0.3) is 0 Å². The van der Waals surface area contributed by atoms with Crippen LogP contribution in [0.2, 0.25) is 5.02 Å². The molecule has 0 saturated carbocycles. The number of nitrogens with zero attached hydrogens (tertiary/aromatic N) is 1. The first-order valence-electron chi connectivity index (χ1n) is 4.19. The number of hydrogen-bond acceptors (Lipinski definition) is 3. The second-order valence-electron chi connectivity index (χ2n) is 3.21. The zero-order chi connectivity index (χ0) is 10.7. The van der Waals surface area contributed by atoms with E-state index in [1.54, 1.807) is 13.0 Å². The lowest BCUT2D eigenvalue weighted by atomic mass is 10.1. The van der Waals surface area contributed by atoms with Crippen LogP contribution in [0.3, 0.4) is 0 Å². The van der Waals surface area contributed by atoms with E-state index in [0.29, 0.717) is 17.0 Å². The third-order valence-electron chi connectivity index (χ3n) is 1.78. The lowest BCUT2D eigenvalue weighted by Gasteiger charge is -2.06. The van der Waals surface area contributed by atoms with Gasteiger partial charge in [0.1, 0.15) is 0 Å². The highest BCUT2D eigenvalue weighted by Gasteiger charge is 2.14. The molecule has 0 fully saturated rings. The molecule has 14 heavy (non-hydrogen) atoms. The Hall–Kier alpha value is -1.13. The van der Waals surface area contributed by atoms with E-state index in [1.165, 1.54) is 12.1 Å². The summed E-state index contributed by atoms with van der Waals surface area (Å²) in [5, 5.41) is 11.1. The first-order valence-corrected chi connectivity index (χ1v) is 4.57. The van der Waals surface area contributed by atoms with Crippen LogP contribution in [0.4, 0.5) is 5.69 Å². The molecular weight excluding hydrogens is 204 g/mol. The van der Waals surface area contributed by atoms with E-state index in [2.05, 4.69) is 0 Å². The summed E-state index contributed by atoms with van der Waals surface area (Å²) < 4.78 is 0. The fraction of sp³-hybridized carbons (Fsp3) is 0.333. The molecule has 0 saturated heterocycles. The molecule has 0 heterocycles. The van der Waals surface area contributed by atoms with Gasteiger partial charge in [0, 0.05) is 22.7 Å². The second kappa shape index (κ2) is 4.39. The smallest absolute Gasteiger partial charge is 0.272 e. The maximum atomic E-state index is 10.6. The van der Waals surface area contributed by atoms with Crippen molar-refractivity contribution in [3.63, 3.8) is 0 Å². The van der Waals surface area contributed by atoms with E-state index in [9.17, 15) is 10.1 Å². The van der Waals surface area contributed by atoms with Gasteiger partial charge in [-0.15, -0.1) is 0 Å². The molecule has 1 aromatic rings. The molecule has 0 spiro atoms. The number of nitro groups is 1. The zero-order valence-corrected chi connectivity index (χ0v) is 8.49. The molecule has 0 amide bonds. The summed E-state index contributed by atoms with van der Waals surface area (Å²) in [6, 6.07) is 4.38. The SMILES string of the molecule is CC(N)Cc1cc(Cl)ccc1[N+](=O)[O-]. The predicted molar refractivity (Wildman–Crippen MR) is 55.5 cm³/mol. The Bertz CT molecular complexity index is 353. The first-order chi connectivity index (χ1) is 6.50. The molecule has 4 nitrogen and oxygen atoms in total. The highest BCUT2D eigenvalue weighted by Crippen LogP contribution is 2.23. The van der Waals surface area contributed by atoms with E-state index in [0.717, 1.165) is 0 Å². The monoisotopic (exact) mass is 214 g/mol. The molecular formula is C9H11ClN2O2. The van der Waals surface area contributed by atoms with E-state index >= 15 is 0 Å². The van der Waals surface area contributed by atoms with E-state index in [1.807, 2.05) is 0 Å². The Morgan fingerprint density at radius 1 is 1.64 bits per heavy atom. The Morgan fingerprint density at radius 2 is 2.29 bits per heavy atom. The average molecular weight is 215 g/mol. The summed E-state index contributed by atoms with van der Waals surface area (Å²) in [5.41, 5.74) is 6.23. The summed E-state index contributed by atoms with van der Waals surface area (Å²) in [6.07, 6.45) is 0.455. The Kier molecular flexibility index (Phi) is 3.43. The standard InChI is InChI=1S/C9H11ClN2O2/c1-6(11)4-7-5-8(10)2-3-9(7)12(13)14/h2-3,5-6H,4,11H2,1H3. The van der Waals surface area contributed by atoms with Crippen LogP contribution in [0.5, 0.6) is 0 Å². The number of nitrogens with two attached hydrogens (primary N) is 1. The number of halogens is 1. The minimum absolute atomic E-state index is 0.0756. The predicted octanol–water partition coefficient (Wildman–Crippen LogP) is 2.14. The van der Waals surface area contributed by atoms with Crippen molar-refractivity contribution in [2.75, 3.05) is 0 Å². The van der Waals surface area contributed by atoms with Gasteiger partial charge in [-0.25, -0.2) is 0 Å². The van der Waals surface area contributed by atoms with Gasteiger partial charge in [-0.05, 0) is 25.5 Å². The molecule has 5 heteroatoms. The third kappa shape index (κ3) is 2.68. The summed E-state index contributed by atoms with van der Waals surface area (Å²) in [5.74, 6) is 0. The van der Waals surface area contributed by atoms with Gasteiger partial charge in [-0.2, -0.15) is 0 Å². The van der Waals surface area contributed by atoms with Gasteiger partial charge >= 0.3 is 0 Å². The number of hydrogen-bond donors (Lipinski definition) is 1. The topological polar surface area (TPSA) is 69.2 Å². The van der Waals surface area contributed by atoms with Crippen LogP contribution >= 0.6 is 11.6 Å². The zero-order valence-electron chi connectivity index (χ0n) is 7.74. The second-order valence-corrected chi connectivity index (χ2v) is 3.65. The molecule has 1 atom stereocenters. The lowest BCUT2D eigenvalue weighted by Crippen LogP contribution is -2.18. The van der Waals surface area contributed by atoms with Crippen molar-refractivity contribution < 1.29 is 4.92 Å². The largest absolute Gasteiger partial charge is 0.328 e. The van der Waals surface area contributed by atoms with Crippen LogP contribution in [-0.2, 0) is 6.42 Å². The molecule has 0 aliphatic rings. The molecule has 0 radical (unpaired) electrons. The number of rotatable bonds is 3. The quantitative estimate of drug-likeness (QED) is 0.619. The minimum atomic E-state index is -0.423. The molecule has 0 aliphatic heterocycles. The Balaban J connectivity index is 3.09. The number of nitro benzene ring substituents is 1. The molecule has 0 bridgehead atoms. The van der Waals surface area contributed by atoms with Gasteiger partial charge in [0.2, 0.25) is 0 Å². The van der Waals surface area contributed by atoms with E-state index in [-0.39, 0.29) is 11.7 Å². The molecule has 0 aliphatic carbocycles. The van der Waals surface area contributed by atoms with Crippen LogP contribution < -0.4 is 5.73 Å². The summed E-state index contributed by atoms with van der Waals surface area (Å²) >= 11 is 5.74. The number of benzene rings is 1. The maximum Gasteiger partial charge on any atom is 0.272 e. The molecule has 1 rings (SSSR count). The molecule has 1 aromatic carbocycles. The van der Waals surface area contributed by atoms with Crippen LogP contribution in [-0.4, -0.2) is 11.0 Å². The van der Waals surface area contributed by atoms with Crippen molar-refractivity contribution in [3.8, 4) is 0 Å². The fourth-order valence-electron chi connectivity index (χ4n) is 1.24. The van der Waals surface area contributed by atoms with Gasteiger partial charge in [0.05, 0.1) is 4.92 Å². The van der Waals surface area contributed by atoms with Gasteiger partial charge < -0.3 is 5.73 Å². The van der Waals surface area contributed by atoms with Gasteiger partial charge in [-0.1, -0.05) is 11.6 Å². The van der Waals surface area contributed by atoms with E-state index in [4.69, 9.17) is 17.3 Å². The normalized spacial score (nSPS) is 12.5.